The molecule has 0 atom stereocenters. The number of nitro benzene ring substituents is 1. The molecule has 0 radical (unpaired) electrons. The summed E-state index contributed by atoms with van der Waals surface area (Å²) in [4.78, 5) is 21.5. The van der Waals surface area contributed by atoms with Gasteiger partial charge < -0.3 is 0 Å². The highest BCUT2D eigenvalue weighted by molar-refractivity contribution is 7.99. The van der Waals surface area contributed by atoms with Crippen LogP contribution in [-0.4, -0.2) is 14.9 Å². The van der Waals surface area contributed by atoms with Crippen LogP contribution in [0.5, 0.6) is 0 Å². The van der Waals surface area contributed by atoms with E-state index in [2.05, 4.69) is 9.97 Å². The predicted octanol–water partition coefficient (Wildman–Crippen LogP) is 4.71. The van der Waals surface area contributed by atoms with Crippen LogP contribution in [0.25, 0.3) is 10.2 Å². The second kappa shape index (κ2) is 5.59. The first kappa shape index (κ1) is 14.2. The zero-order valence-electron chi connectivity index (χ0n) is 10.7. The quantitative estimate of drug-likeness (QED) is 0.299. The van der Waals surface area contributed by atoms with Gasteiger partial charge in [0.1, 0.15) is 9.86 Å². The molecule has 5 nitrogen and oxygen atoms in total. The zero-order valence-corrected chi connectivity index (χ0v) is 13.1. The number of nitro groups is 1. The highest BCUT2D eigenvalue weighted by Gasteiger charge is 2.12. The second-order valence-electron chi connectivity index (χ2n) is 4.23. The van der Waals surface area contributed by atoms with Crippen LogP contribution < -0.4 is 0 Å². The van der Waals surface area contributed by atoms with E-state index in [1.165, 1.54) is 23.9 Å². The Morgan fingerprint density at radius 2 is 2.00 bits per heavy atom. The fourth-order valence-corrected chi connectivity index (χ4v) is 3.92. The minimum Gasteiger partial charge on any atom is -0.258 e. The third-order valence-corrected chi connectivity index (χ3v) is 4.84. The molecule has 0 saturated carbocycles. The molecule has 0 aliphatic carbocycles. The maximum Gasteiger partial charge on any atom is 0.269 e. The number of hydrogen-bond acceptors (Lipinski definition) is 6. The number of aromatic nitrogens is 2. The number of thiophene rings is 1. The van der Waals surface area contributed by atoms with Crippen molar-refractivity contribution >= 4 is 50.6 Å². The number of aryl methyl sites for hydroxylation is 1. The maximum atomic E-state index is 10.7. The minimum atomic E-state index is -0.420. The molecule has 106 valence electrons. The highest BCUT2D eigenvalue weighted by atomic mass is 35.5. The molecule has 0 aliphatic heterocycles. The van der Waals surface area contributed by atoms with Crippen molar-refractivity contribution in [3.05, 3.63) is 50.6 Å². The second-order valence-corrected chi connectivity index (χ2v) is 6.86. The number of fused-ring (bicyclic) bond motifs is 1. The molecule has 0 saturated heterocycles. The molecule has 2 aromatic heterocycles. The van der Waals surface area contributed by atoms with Gasteiger partial charge in [-0.3, -0.25) is 10.1 Å². The summed E-state index contributed by atoms with van der Waals surface area (Å²) in [5.41, 5.74) is 0.0663. The van der Waals surface area contributed by atoms with Gasteiger partial charge in [0.2, 0.25) is 5.28 Å². The largest absolute Gasteiger partial charge is 0.269 e. The first-order valence-corrected chi connectivity index (χ1v) is 7.90. The number of nitrogens with zero attached hydrogens (tertiary/aromatic N) is 3. The van der Waals surface area contributed by atoms with Gasteiger partial charge in [0.05, 0.1) is 4.92 Å². The standard InChI is InChI=1S/C13H8ClN3O2S2/c1-7-6-10-11(20-7)15-13(14)16-12(10)21-9-4-2-8(3-5-9)17(18)19/h2-6H,1H3. The van der Waals surface area contributed by atoms with E-state index in [0.717, 1.165) is 25.0 Å². The SMILES string of the molecule is Cc1cc2c(Sc3ccc([N+](=O)[O-])cc3)nc(Cl)nc2s1. The topological polar surface area (TPSA) is 68.9 Å². The Hall–Kier alpha value is -1.70. The van der Waals surface area contributed by atoms with Crippen molar-refractivity contribution in [2.45, 2.75) is 16.8 Å². The van der Waals surface area contributed by atoms with Gasteiger partial charge in [-0.25, -0.2) is 9.97 Å². The van der Waals surface area contributed by atoms with Gasteiger partial charge in [-0.05, 0) is 36.7 Å². The van der Waals surface area contributed by atoms with E-state index in [0.29, 0.717) is 0 Å². The molecular weight excluding hydrogens is 330 g/mol. The Morgan fingerprint density at radius 3 is 2.67 bits per heavy atom. The van der Waals surface area contributed by atoms with Gasteiger partial charge in [0.15, 0.2) is 0 Å². The lowest BCUT2D eigenvalue weighted by atomic mass is 10.3. The molecule has 0 spiro atoms. The third kappa shape index (κ3) is 2.99. The number of benzene rings is 1. The number of rotatable bonds is 3. The summed E-state index contributed by atoms with van der Waals surface area (Å²) < 4.78 is 0. The molecule has 1 aromatic carbocycles. The molecular formula is C13H8ClN3O2S2. The Morgan fingerprint density at radius 1 is 1.29 bits per heavy atom. The Bertz CT molecular complexity index is 833. The number of non-ortho nitro benzene ring substituents is 1. The van der Waals surface area contributed by atoms with Crippen molar-refractivity contribution in [2.75, 3.05) is 0 Å². The first-order valence-electron chi connectivity index (χ1n) is 5.89. The average Bonchev–Trinajstić information content (AvgIpc) is 2.79. The van der Waals surface area contributed by atoms with Crippen LogP contribution in [0.3, 0.4) is 0 Å². The number of halogens is 1. The fourth-order valence-electron chi connectivity index (χ4n) is 1.82. The molecule has 0 fully saturated rings. The Labute approximate surface area is 133 Å². The molecule has 0 unspecified atom stereocenters. The van der Waals surface area contributed by atoms with Crippen LogP contribution in [0, 0.1) is 17.0 Å². The summed E-state index contributed by atoms with van der Waals surface area (Å²) in [5, 5.41) is 12.6. The van der Waals surface area contributed by atoms with E-state index in [9.17, 15) is 10.1 Å². The van der Waals surface area contributed by atoms with Crippen molar-refractivity contribution in [1.82, 2.24) is 9.97 Å². The van der Waals surface area contributed by atoms with Crippen LogP contribution in [0.1, 0.15) is 4.88 Å². The van der Waals surface area contributed by atoms with Crippen molar-refractivity contribution < 1.29 is 4.92 Å². The van der Waals surface area contributed by atoms with Crippen LogP contribution >= 0.6 is 34.7 Å². The van der Waals surface area contributed by atoms with Gasteiger partial charge >= 0.3 is 0 Å². The van der Waals surface area contributed by atoms with Crippen molar-refractivity contribution in [2.24, 2.45) is 0 Å². The molecule has 3 aromatic rings. The minimum absolute atomic E-state index is 0.0663. The van der Waals surface area contributed by atoms with Crippen molar-refractivity contribution in [3.8, 4) is 0 Å². The van der Waals surface area contributed by atoms with Crippen LogP contribution in [0.4, 0.5) is 5.69 Å². The summed E-state index contributed by atoms with van der Waals surface area (Å²) in [6.07, 6.45) is 0. The third-order valence-electron chi connectivity index (χ3n) is 2.72. The normalized spacial score (nSPS) is 11.0. The summed E-state index contributed by atoms with van der Waals surface area (Å²) in [6, 6.07) is 8.36. The van der Waals surface area contributed by atoms with Gasteiger partial charge in [0, 0.05) is 27.3 Å². The summed E-state index contributed by atoms with van der Waals surface area (Å²) >= 11 is 8.92. The van der Waals surface area contributed by atoms with E-state index >= 15 is 0 Å². The van der Waals surface area contributed by atoms with Gasteiger partial charge in [-0.2, -0.15) is 0 Å². The average molecular weight is 338 g/mol. The lowest BCUT2D eigenvalue weighted by molar-refractivity contribution is -0.384. The Balaban J connectivity index is 1.99. The first-order chi connectivity index (χ1) is 10.0. The van der Waals surface area contributed by atoms with E-state index in [-0.39, 0.29) is 11.0 Å². The number of hydrogen-bond donors (Lipinski definition) is 0. The molecule has 0 N–H and O–H groups in total. The summed E-state index contributed by atoms with van der Waals surface area (Å²) in [6.45, 7) is 2.00. The van der Waals surface area contributed by atoms with Gasteiger partial charge in [-0.15, -0.1) is 11.3 Å². The van der Waals surface area contributed by atoms with E-state index in [4.69, 9.17) is 11.6 Å². The summed E-state index contributed by atoms with van der Waals surface area (Å²) in [5.74, 6) is 0. The lowest BCUT2D eigenvalue weighted by Crippen LogP contribution is -1.88. The smallest absolute Gasteiger partial charge is 0.258 e. The molecule has 8 heteroatoms. The lowest BCUT2D eigenvalue weighted by Gasteiger charge is -2.02. The zero-order chi connectivity index (χ0) is 15.0. The van der Waals surface area contributed by atoms with E-state index < -0.39 is 4.92 Å². The molecule has 2 heterocycles. The predicted molar refractivity (Wildman–Crippen MR) is 84.4 cm³/mol. The van der Waals surface area contributed by atoms with E-state index in [1.54, 1.807) is 23.5 Å². The molecule has 0 bridgehead atoms. The Kier molecular flexibility index (Phi) is 3.79. The van der Waals surface area contributed by atoms with Gasteiger partial charge in [0.25, 0.3) is 5.69 Å². The van der Waals surface area contributed by atoms with Crippen molar-refractivity contribution in [3.63, 3.8) is 0 Å². The maximum absolute atomic E-state index is 10.7. The molecule has 0 aliphatic rings. The van der Waals surface area contributed by atoms with E-state index in [1.807, 2.05) is 13.0 Å². The molecule has 3 rings (SSSR count). The van der Waals surface area contributed by atoms with Crippen LogP contribution in [0.15, 0.2) is 40.3 Å². The van der Waals surface area contributed by atoms with Crippen molar-refractivity contribution in [1.29, 1.82) is 0 Å². The van der Waals surface area contributed by atoms with Gasteiger partial charge in [-0.1, -0.05) is 11.8 Å². The monoisotopic (exact) mass is 337 g/mol. The fraction of sp³-hybridized carbons (Fsp3) is 0.0769. The summed E-state index contributed by atoms with van der Waals surface area (Å²) in [7, 11) is 0. The molecule has 0 amide bonds. The van der Waals surface area contributed by atoms with Crippen LogP contribution in [-0.2, 0) is 0 Å². The highest BCUT2D eigenvalue weighted by Crippen LogP contribution is 2.36. The van der Waals surface area contributed by atoms with Crippen LogP contribution in [0.2, 0.25) is 5.28 Å². The molecule has 21 heavy (non-hydrogen) atoms.